The van der Waals surface area contributed by atoms with E-state index in [2.05, 4.69) is 15.2 Å². The molecule has 0 saturated carbocycles. The molecule has 0 radical (unpaired) electrons. The molecule has 0 spiro atoms. The number of halogens is 1. The molecule has 2 aliphatic rings. The van der Waals surface area contributed by atoms with Crippen LogP contribution in [0.25, 0.3) is 0 Å². The second-order valence-electron chi connectivity index (χ2n) is 7.79. The summed E-state index contributed by atoms with van der Waals surface area (Å²) in [5, 5.41) is 3.36. The number of guanidine groups is 1. The Morgan fingerprint density at radius 3 is 2.54 bits per heavy atom. The highest BCUT2D eigenvalue weighted by atomic mass is 127. The molecule has 2 aliphatic heterocycles. The number of aliphatic imine (C=N–C) groups is 1. The second kappa shape index (κ2) is 11.8. The van der Waals surface area contributed by atoms with E-state index in [1.807, 2.05) is 27.8 Å². The van der Waals surface area contributed by atoms with Crippen LogP contribution in [-0.2, 0) is 20.3 Å². The third-order valence-electron chi connectivity index (χ3n) is 4.75. The Balaban J connectivity index is 0.00000338. The predicted molar refractivity (Wildman–Crippen MR) is 119 cm³/mol. The standard InChI is InChI=1S/C18H35N3O3S.HI/c1-18(2,3)25(22)13-9-20-17(19-4)21-10-7-15(8-11-21)24-14-16-6-5-12-23-16;/h15-16H,5-14H2,1-4H3,(H,19,20);1H. The summed E-state index contributed by atoms with van der Waals surface area (Å²) in [7, 11) is 0.970. The highest BCUT2D eigenvalue weighted by Crippen LogP contribution is 2.18. The molecular weight excluding hydrogens is 465 g/mol. The first-order valence-electron chi connectivity index (χ1n) is 9.47. The lowest BCUT2D eigenvalue weighted by molar-refractivity contribution is -0.0367. The van der Waals surface area contributed by atoms with Crippen LogP contribution in [0, 0.1) is 0 Å². The predicted octanol–water partition coefficient (Wildman–Crippen LogP) is 2.39. The summed E-state index contributed by atoms with van der Waals surface area (Å²) < 4.78 is 23.6. The molecule has 26 heavy (non-hydrogen) atoms. The quantitative estimate of drug-likeness (QED) is 0.344. The van der Waals surface area contributed by atoms with Gasteiger partial charge in [-0.25, -0.2) is 0 Å². The average Bonchev–Trinajstić information content (AvgIpc) is 3.10. The van der Waals surface area contributed by atoms with Crippen molar-refractivity contribution in [3.8, 4) is 0 Å². The van der Waals surface area contributed by atoms with Crippen molar-refractivity contribution in [1.82, 2.24) is 10.2 Å². The van der Waals surface area contributed by atoms with E-state index in [9.17, 15) is 4.21 Å². The van der Waals surface area contributed by atoms with Gasteiger partial charge in [0.15, 0.2) is 5.96 Å². The van der Waals surface area contributed by atoms with Crippen molar-refractivity contribution in [2.24, 2.45) is 4.99 Å². The molecule has 2 saturated heterocycles. The van der Waals surface area contributed by atoms with E-state index in [-0.39, 0.29) is 28.7 Å². The van der Waals surface area contributed by atoms with Crippen molar-refractivity contribution in [2.45, 2.75) is 63.4 Å². The molecule has 0 bridgehead atoms. The topological polar surface area (TPSA) is 63.2 Å². The van der Waals surface area contributed by atoms with E-state index >= 15 is 0 Å². The molecule has 8 heteroatoms. The van der Waals surface area contributed by atoms with Crippen molar-refractivity contribution in [1.29, 1.82) is 0 Å². The average molecular weight is 501 g/mol. The Hall–Kier alpha value is 0.0700. The van der Waals surface area contributed by atoms with E-state index in [0.717, 1.165) is 57.9 Å². The number of likely N-dealkylation sites (tertiary alicyclic amines) is 1. The zero-order valence-corrected chi connectivity index (χ0v) is 19.8. The maximum absolute atomic E-state index is 12.1. The van der Waals surface area contributed by atoms with Gasteiger partial charge in [0.2, 0.25) is 0 Å². The zero-order valence-electron chi connectivity index (χ0n) is 16.7. The van der Waals surface area contributed by atoms with Gasteiger partial charge >= 0.3 is 0 Å². The molecule has 154 valence electrons. The van der Waals surface area contributed by atoms with Crippen LogP contribution >= 0.6 is 24.0 Å². The van der Waals surface area contributed by atoms with Gasteiger partial charge in [0, 0.05) is 54.6 Å². The van der Waals surface area contributed by atoms with E-state index in [4.69, 9.17) is 9.47 Å². The Labute approximate surface area is 178 Å². The van der Waals surface area contributed by atoms with Crippen molar-refractivity contribution in [3.05, 3.63) is 0 Å². The van der Waals surface area contributed by atoms with Crippen LogP contribution < -0.4 is 5.32 Å². The number of nitrogens with zero attached hydrogens (tertiary/aromatic N) is 2. The summed E-state index contributed by atoms with van der Waals surface area (Å²) in [5.41, 5.74) is 0. The summed E-state index contributed by atoms with van der Waals surface area (Å²) in [4.78, 5) is 6.65. The maximum atomic E-state index is 12.1. The Kier molecular flexibility index (Phi) is 11.0. The Morgan fingerprint density at radius 1 is 1.31 bits per heavy atom. The largest absolute Gasteiger partial charge is 0.376 e. The van der Waals surface area contributed by atoms with Crippen LogP contribution in [0.1, 0.15) is 46.5 Å². The third-order valence-corrected chi connectivity index (χ3v) is 6.69. The molecule has 0 aliphatic carbocycles. The molecular formula is C18H36IN3O3S. The fraction of sp³-hybridized carbons (Fsp3) is 0.944. The van der Waals surface area contributed by atoms with Gasteiger partial charge < -0.3 is 19.7 Å². The van der Waals surface area contributed by atoms with Crippen molar-refractivity contribution in [3.63, 3.8) is 0 Å². The molecule has 0 aromatic heterocycles. The van der Waals surface area contributed by atoms with Gasteiger partial charge in [-0.2, -0.15) is 0 Å². The van der Waals surface area contributed by atoms with Crippen LogP contribution in [0.3, 0.4) is 0 Å². The fourth-order valence-electron chi connectivity index (χ4n) is 3.15. The van der Waals surface area contributed by atoms with Crippen molar-refractivity contribution < 1.29 is 13.7 Å². The van der Waals surface area contributed by atoms with E-state index in [1.165, 1.54) is 0 Å². The Morgan fingerprint density at radius 2 is 2.00 bits per heavy atom. The lowest BCUT2D eigenvalue weighted by atomic mass is 10.1. The molecule has 1 N–H and O–H groups in total. The van der Waals surface area contributed by atoms with Gasteiger partial charge in [-0.3, -0.25) is 9.20 Å². The summed E-state index contributed by atoms with van der Waals surface area (Å²) in [6, 6.07) is 0. The first-order valence-corrected chi connectivity index (χ1v) is 10.8. The second-order valence-corrected chi connectivity index (χ2v) is 10.1. The van der Waals surface area contributed by atoms with Crippen LogP contribution in [-0.4, -0.2) is 77.7 Å². The number of hydrogen-bond acceptors (Lipinski definition) is 4. The first kappa shape index (κ1) is 24.1. The van der Waals surface area contributed by atoms with Gasteiger partial charge in [0.25, 0.3) is 0 Å². The van der Waals surface area contributed by atoms with E-state index in [1.54, 1.807) is 0 Å². The number of hydrogen-bond donors (Lipinski definition) is 1. The van der Waals surface area contributed by atoms with Gasteiger partial charge in [0.05, 0.1) is 18.8 Å². The first-order chi connectivity index (χ1) is 11.9. The summed E-state index contributed by atoms with van der Waals surface area (Å²) >= 11 is 0. The van der Waals surface area contributed by atoms with Crippen molar-refractivity contribution >= 4 is 40.7 Å². The smallest absolute Gasteiger partial charge is 0.193 e. The Bertz CT molecular complexity index is 457. The molecule has 2 unspecified atom stereocenters. The molecule has 2 fully saturated rings. The molecule has 0 aromatic carbocycles. The highest BCUT2D eigenvalue weighted by Gasteiger charge is 2.24. The normalized spacial score (nSPS) is 23.6. The number of nitrogens with one attached hydrogen (secondary N) is 1. The lowest BCUT2D eigenvalue weighted by Gasteiger charge is -2.34. The highest BCUT2D eigenvalue weighted by molar-refractivity contribution is 14.0. The monoisotopic (exact) mass is 501 g/mol. The fourth-order valence-corrected chi connectivity index (χ4v) is 4.05. The van der Waals surface area contributed by atoms with Gasteiger partial charge in [-0.1, -0.05) is 0 Å². The van der Waals surface area contributed by atoms with Crippen LogP contribution in [0.15, 0.2) is 4.99 Å². The molecule has 6 nitrogen and oxygen atoms in total. The van der Waals surface area contributed by atoms with Gasteiger partial charge in [-0.05, 0) is 46.5 Å². The minimum Gasteiger partial charge on any atom is -0.376 e. The number of ether oxygens (including phenoxy) is 2. The third kappa shape index (κ3) is 7.98. The summed E-state index contributed by atoms with van der Waals surface area (Å²) in [5.74, 6) is 1.55. The number of rotatable bonds is 6. The number of piperidine rings is 1. The van der Waals surface area contributed by atoms with E-state index < -0.39 is 10.8 Å². The summed E-state index contributed by atoms with van der Waals surface area (Å²) in [6.07, 6.45) is 4.95. The van der Waals surface area contributed by atoms with Crippen LogP contribution in [0.5, 0.6) is 0 Å². The van der Waals surface area contributed by atoms with Gasteiger partial charge in [0.1, 0.15) is 0 Å². The molecule has 0 aromatic rings. The van der Waals surface area contributed by atoms with E-state index in [0.29, 0.717) is 24.5 Å². The SMILES string of the molecule is CN=C(NCCS(=O)C(C)(C)C)N1CCC(OCC2CCCO2)CC1.I. The molecule has 2 atom stereocenters. The zero-order chi connectivity index (χ0) is 18.3. The van der Waals surface area contributed by atoms with Crippen molar-refractivity contribution in [2.75, 3.05) is 45.6 Å². The minimum absolute atomic E-state index is 0. The molecule has 2 rings (SSSR count). The molecule has 2 heterocycles. The molecule has 0 amide bonds. The van der Waals surface area contributed by atoms with Crippen LogP contribution in [0.2, 0.25) is 0 Å². The lowest BCUT2D eigenvalue weighted by Crippen LogP contribution is -2.48. The van der Waals surface area contributed by atoms with Gasteiger partial charge in [-0.15, -0.1) is 24.0 Å². The minimum atomic E-state index is -0.838. The van der Waals surface area contributed by atoms with Crippen LogP contribution in [0.4, 0.5) is 0 Å². The maximum Gasteiger partial charge on any atom is 0.193 e. The summed E-state index contributed by atoms with van der Waals surface area (Å²) in [6.45, 7) is 10.2.